The Morgan fingerprint density at radius 1 is 1.17 bits per heavy atom. The molecule has 2 heterocycles. The number of nitrogens with two attached hydrogens (primary N) is 1. The number of amides is 2. The maximum absolute atomic E-state index is 11.0. The maximum Gasteiger partial charge on any atom is 0.336 e. The van der Waals surface area contributed by atoms with Gasteiger partial charge in [-0.1, -0.05) is 0 Å². The number of anilines is 1. The third-order valence-electron chi connectivity index (χ3n) is 3.20. The smallest absolute Gasteiger partial charge is 0.336 e. The van der Waals surface area contributed by atoms with E-state index in [0.717, 1.165) is 17.9 Å². The van der Waals surface area contributed by atoms with E-state index in [1.807, 2.05) is 13.0 Å². The Morgan fingerprint density at radius 2 is 1.79 bits per heavy atom. The first-order chi connectivity index (χ1) is 11.3. The lowest BCUT2D eigenvalue weighted by Crippen LogP contribution is -2.30. The highest BCUT2D eigenvalue weighted by Gasteiger charge is 2.31. The number of imide groups is 1. The Kier molecular flexibility index (Phi) is 4.98. The molecule has 8 heteroatoms. The maximum atomic E-state index is 11.0. The fourth-order valence-electron chi connectivity index (χ4n) is 2.13. The van der Waals surface area contributed by atoms with Crippen molar-refractivity contribution in [3.63, 3.8) is 0 Å². The molecule has 0 spiro atoms. The zero-order chi connectivity index (χ0) is 17.9. The zero-order valence-electron chi connectivity index (χ0n) is 13.2. The van der Waals surface area contributed by atoms with Gasteiger partial charge in [-0.2, -0.15) is 0 Å². The van der Waals surface area contributed by atoms with E-state index in [0.29, 0.717) is 16.3 Å². The number of hydroxylamine groups is 2. The molecular formula is C16H16N2O6. The normalized spacial score (nSPS) is 13.7. The van der Waals surface area contributed by atoms with Gasteiger partial charge in [0.1, 0.15) is 5.58 Å². The van der Waals surface area contributed by atoms with Crippen LogP contribution in [0.25, 0.3) is 11.0 Å². The minimum atomic E-state index is -0.659. The molecule has 1 aromatic carbocycles. The minimum absolute atomic E-state index is 0.131. The Labute approximate surface area is 136 Å². The lowest BCUT2D eigenvalue weighted by molar-refractivity contribution is -0.195. The molecule has 1 saturated heterocycles. The Bertz CT molecular complexity index is 854. The number of carbonyl (C=O) groups is 3. The van der Waals surface area contributed by atoms with Gasteiger partial charge >= 0.3 is 11.6 Å². The van der Waals surface area contributed by atoms with Gasteiger partial charge in [-0.05, 0) is 24.6 Å². The molecule has 3 rings (SSSR count). The Balaban J connectivity index is 0.000000177. The first kappa shape index (κ1) is 17.2. The standard InChI is InChI=1S/C10H9NO2.C6H7NO4/c1-6-4-10(12)13-9-5-7(11)2-3-8(6)9;1-4(8)11-7-5(9)2-3-6(7)10/h2-5H,11H2,1H3;2-3H2,1H3. The summed E-state index contributed by atoms with van der Waals surface area (Å²) in [6.07, 6.45) is 0.262. The van der Waals surface area contributed by atoms with Crippen LogP contribution in [0.3, 0.4) is 0 Å². The van der Waals surface area contributed by atoms with Crippen molar-refractivity contribution in [3.8, 4) is 0 Å². The lowest BCUT2D eigenvalue weighted by Gasteiger charge is -2.09. The summed E-state index contributed by atoms with van der Waals surface area (Å²) in [5, 5.41) is 1.44. The van der Waals surface area contributed by atoms with Crippen molar-refractivity contribution in [2.24, 2.45) is 0 Å². The molecule has 0 radical (unpaired) electrons. The molecule has 0 bridgehead atoms. The van der Waals surface area contributed by atoms with Crippen LogP contribution in [0.5, 0.6) is 0 Å². The molecule has 1 aromatic heterocycles. The van der Waals surface area contributed by atoms with Crippen molar-refractivity contribution in [2.75, 3.05) is 5.73 Å². The molecule has 126 valence electrons. The number of hydrogen-bond acceptors (Lipinski definition) is 7. The van der Waals surface area contributed by atoms with Gasteiger partial charge in [-0.3, -0.25) is 9.59 Å². The third kappa shape index (κ3) is 3.97. The number of nitrogen functional groups attached to an aromatic ring is 1. The van der Waals surface area contributed by atoms with E-state index in [1.165, 1.54) is 6.07 Å². The average Bonchev–Trinajstić information content (AvgIpc) is 2.78. The summed E-state index contributed by atoms with van der Waals surface area (Å²) in [4.78, 5) is 47.2. The fraction of sp³-hybridized carbons (Fsp3) is 0.250. The predicted molar refractivity (Wildman–Crippen MR) is 84.5 cm³/mol. The Hall–Kier alpha value is -3.16. The Morgan fingerprint density at radius 3 is 2.38 bits per heavy atom. The molecule has 0 saturated carbocycles. The van der Waals surface area contributed by atoms with E-state index < -0.39 is 17.8 Å². The monoisotopic (exact) mass is 332 g/mol. The van der Waals surface area contributed by atoms with E-state index in [2.05, 4.69) is 4.84 Å². The molecule has 8 nitrogen and oxygen atoms in total. The first-order valence-corrected chi connectivity index (χ1v) is 7.12. The highest BCUT2D eigenvalue weighted by molar-refractivity contribution is 6.01. The number of benzene rings is 1. The number of aryl methyl sites for hydroxylation is 1. The highest BCUT2D eigenvalue weighted by atomic mass is 16.7. The van der Waals surface area contributed by atoms with Gasteiger partial charge in [0.15, 0.2) is 0 Å². The summed E-state index contributed by atoms with van der Waals surface area (Å²) in [5.41, 5.74) is 7.28. The van der Waals surface area contributed by atoms with Gasteiger partial charge in [0.25, 0.3) is 11.8 Å². The topological polar surface area (TPSA) is 120 Å². The molecule has 2 aromatic rings. The average molecular weight is 332 g/mol. The van der Waals surface area contributed by atoms with E-state index in [4.69, 9.17) is 10.2 Å². The van der Waals surface area contributed by atoms with E-state index in [9.17, 15) is 19.2 Å². The van der Waals surface area contributed by atoms with Gasteiger partial charge in [0.05, 0.1) is 0 Å². The van der Waals surface area contributed by atoms with Crippen molar-refractivity contribution in [1.82, 2.24) is 5.06 Å². The van der Waals surface area contributed by atoms with Crippen LogP contribution in [0, 0.1) is 6.92 Å². The zero-order valence-corrected chi connectivity index (χ0v) is 13.2. The largest absolute Gasteiger partial charge is 0.423 e. The van der Waals surface area contributed by atoms with E-state index >= 15 is 0 Å². The second kappa shape index (κ2) is 6.95. The number of nitrogens with zero attached hydrogens (tertiary/aromatic N) is 1. The lowest BCUT2D eigenvalue weighted by atomic mass is 10.1. The van der Waals surface area contributed by atoms with E-state index in [-0.39, 0.29) is 18.5 Å². The second-order valence-electron chi connectivity index (χ2n) is 5.17. The van der Waals surface area contributed by atoms with Crippen LogP contribution in [0.15, 0.2) is 33.5 Å². The number of rotatable bonds is 1. The fourth-order valence-corrected chi connectivity index (χ4v) is 2.13. The predicted octanol–water partition coefficient (Wildman–Crippen LogP) is 1.30. The molecule has 0 unspecified atom stereocenters. The molecule has 2 amide bonds. The number of hydrogen-bond donors (Lipinski definition) is 1. The van der Waals surface area contributed by atoms with Crippen LogP contribution >= 0.6 is 0 Å². The van der Waals surface area contributed by atoms with Gasteiger partial charge in [0.2, 0.25) is 0 Å². The van der Waals surface area contributed by atoms with Gasteiger partial charge in [-0.25, -0.2) is 9.59 Å². The molecule has 0 aliphatic carbocycles. The van der Waals surface area contributed by atoms with Crippen LogP contribution < -0.4 is 11.4 Å². The summed E-state index contributed by atoms with van der Waals surface area (Å²) in [7, 11) is 0. The second-order valence-corrected chi connectivity index (χ2v) is 5.17. The van der Waals surface area contributed by atoms with Crippen LogP contribution in [0.1, 0.15) is 25.3 Å². The minimum Gasteiger partial charge on any atom is -0.423 e. The van der Waals surface area contributed by atoms with Gasteiger partial charge < -0.3 is 15.0 Å². The third-order valence-corrected chi connectivity index (χ3v) is 3.20. The molecule has 2 N–H and O–H groups in total. The quantitative estimate of drug-likeness (QED) is 0.474. The molecule has 1 fully saturated rings. The van der Waals surface area contributed by atoms with Crippen molar-refractivity contribution < 1.29 is 23.6 Å². The molecular weight excluding hydrogens is 316 g/mol. The van der Waals surface area contributed by atoms with Crippen molar-refractivity contribution in [3.05, 3.63) is 40.2 Å². The van der Waals surface area contributed by atoms with Crippen LogP contribution in [-0.2, 0) is 19.2 Å². The molecule has 24 heavy (non-hydrogen) atoms. The first-order valence-electron chi connectivity index (χ1n) is 7.12. The molecule has 1 aliphatic heterocycles. The SMILES string of the molecule is CC(=O)ON1C(=O)CCC1=O.Cc1cc(=O)oc2cc(N)ccc12. The van der Waals surface area contributed by atoms with Crippen molar-refractivity contribution in [2.45, 2.75) is 26.7 Å². The number of fused-ring (bicyclic) bond motifs is 1. The van der Waals surface area contributed by atoms with Crippen LogP contribution in [0.4, 0.5) is 5.69 Å². The summed E-state index contributed by atoms with van der Waals surface area (Å²) >= 11 is 0. The van der Waals surface area contributed by atoms with Crippen molar-refractivity contribution in [1.29, 1.82) is 0 Å². The van der Waals surface area contributed by atoms with E-state index in [1.54, 1.807) is 12.1 Å². The van der Waals surface area contributed by atoms with Gasteiger partial charge in [0, 0.05) is 43.0 Å². The van der Waals surface area contributed by atoms with Gasteiger partial charge in [-0.15, -0.1) is 5.06 Å². The summed E-state index contributed by atoms with van der Waals surface area (Å²) in [5.74, 6) is -1.57. The highest BCUT2D eigenvalue weighted by Crippen LogP contribution is 2.18. The summed E-state index contributed by atoms with van der Waals surface area (Å²) in [6, 6.07) is 6.76. The molecule has 1 aliphatic rings. The number of carbonyl (C=O) groups excluding carboxylic acids is 3. The van der Waals surface area contributed by atoms with Crippen LogP contribution in [0.2, 0.25) is 0 Å². The van der Waals surface area contributed by atoms with Crippen LogP contribution in [-0.4, -0.2) is 22.8 Å². The summed E-state index contributed by atoms with van der Waals surface area (Å²) < 4.78 is 4.99. The molecule has 0 atom stereocenters. The van der Waals surface area contributed by atoms with Crippen molar-refractivity contribution >= 4 is 34.4 Å². The summed E-state index contributed by atoms with van der Waals surface area (Å²) in [6.45, 7) is 3.01.